The maximum Gasteiger partial charge on any atom is 3.00 e. The molecular weight excluding hydrogens is 215 g/mol. The molecule has 0 radical (unpaired) electrons. The van der Waals surface area contributed by atoms with Crippen LogP contribution in [0.4, 0.5) is 0 Å². The molecule has 0 aliphatic rings. The molecule has 0 saturated heterocycles. The average molecular weight is 230 g/mol. The fraction of sp³-hybridized carbons (Fsp3) is 0.333. The van der Waals surface area contributed by atoms with Crippen molar-refractivity contribution < 1.29 is 32.1 Å². The van der Waals surface area contributed by atoms with Crippen LogP contribution >= 0.6 is 0 Å². The molecule has 0 atom stereocenters. The second-order valence-electron chi connectivity index (χ2n) is 2.11. The Balaban J connectivity index is -0.0000000450. The minimum absolute atomic E-state index is 0. The van der Waals surface area contributed by atoms with E-state index in [9.17, 15) is 15.3 Å². The van der Waals surface area contributed by atoms with E-state index in [0.717, 1.165) is 0 Å². The first-order valence-electron chi connectivity index (χ1n) is 3.17. The Morgan fingerprint density at radius 3 is 0.692 bits per heavy atom. The minimum atomic E-state index is -0.0833. The zero-order valence-electron chi connectivity index (χ0n) is 8.18. The van der Waals surface area contributed by atoms with E-state index in [4.69, 9.17) is 0 Å². The van der Waals surface area contributed by atoms with Crippen molar-refractivity contribution in [3.05, 3.63) is 37.0 Å². The van der Waals surface area contributed by atoms with E-state index < -0.39 is 0 Å². The largest absolute Gasteiger partial charge is 3.00 e. The summed E-state index contributed by atoms with van der Waals surface area (Å²) >= 11 is 0. The normalized spacial score (nSPS) is 5.77. The Kier molecular flexibility index (Phi) is 30.2. The van der Waals surface area contributed by atoms with Gasteiger partial charge in [0.2, 0.25) is 0 Å². The van der Waals surface area contributed by atoms with Gasteiger partial charge in [-0.15, -0.1) is 37.0 Å². The van der Waals surface area contributed by atoms with E-state index in [1.807, 2.05) is 0 Å². The van der Waals surface area contributed by atoms with Crippen LogP contribution in [0.2, 0.25) is 0 Å². The van der Waals surface area contributed by atoms with Gasteiger partial charge in [0.15, 0.2) is 0 Å². The van der Waals surface area contributed by atoms with Crippen LogP contribution in [0.5, 0.6) is 0 Å². The Morgan fingerprint density at radius 1 is 0.692 bits per heavy atom. The molecule has 0 bridgehead atoms. The molecule has 0 heterocycles. The Morgan fingerprint density at radius 2 is 0.692 bits per heavy atom. The van der Waals surface area contributed by atoms with Gasteiger partial charge < -0.3 is 15.3 Å². The first-order chi connectivity index (χ1) is 5.20. The van der Waals surface area contributed by atoms with Gasteiger partial charge in [-0.25, -0.2) is 0 Å². The van der Waals surface area contributed by atoms with Gasteiger partial charge in [-0.3, -0.25) is 0 Å². The fourth-order valence-electron chi connectivity index (χ4n) is 0. The van der Waals surface area contributed by atoms with Crippen LogP contribution < -0.4 is 15.3 Å². The van der Waals surface area contributed by atoms with Crippen molar-refractivity contribution in [2.24, 2.45) is 0 Å². The summed E-state index contributed by atoms with van der Waals surface area (Å²) < 4.78 is 0. The quantitative estimate of drug-likeness (QED) is 0.533. The number of allylic oxidation sites excluding steroid dienone is 3. The van der Waals surface area contributed by atoms with Crippen molar-refractivity contribution in [1.82, 2.24) is 0 Å². The SMILES string of the molecule is C=C(C)[O-].C=C(C)[O-].C=C(C)[O-].[Co+3]. The standard InChI is InChI=1S/3C3H6O.Co/c3*1-3(2)4;/h3*4H,1H2,2H3;/q;;;+3/p-3. The average Bonchev–Trinajstić information content (AvgIpc) is 1.54. The molecule has 78 valence electrons. The van der Waals surface area contributed by atoms with Gasteiger partial charge in [0.25, 0.3) is 0 Å². The monoisotopic (exact) mass is 230 g/mol. The Hall–Kier alpha value is -0.874. The molecular formula is C9H15CoO3. The molecule has 0 spiro atoms. The summed E-state index contributed by atoms with van der Waals surface area (Å²) in [7, 11) is 0. The summed E-state index contributed by atoms with van der Waals surface area (Å²) in [5.41, 5.74) is 0. The van der Waals surface area contributed by atoms with E-state index in [2.05, 4.69) is 19.7 Å². The molecule has 0 unspecified atom stereocenters. The van der Waals surface area contributed by atoms with Crippen molar-refractivity contribution in [3.8, 4) is 0 Å². The predicted octanol–water partition coefficient (Wildman–Crippen LogP) is -0.362. The van der Waals surface area contributed by atoms with Crippen molar-refractivity contribution in [3.63, 3.8) is 0 Å². The second kappa shape index (κ2) is 17.3. The van der Waals surface area contributed by atoms with E-state index in [1.54, 1.807) is 0 Å². The van der Waals surface area contributed by atoms with Crippen LogP contribution in [0.3, 0.4) is 0 Å². The molecule has 4 heteroatoms. The van der Waals surface area contributed by atoms with Gasteiger partial charge in [-0.2, -0.15) is 0 Å². The summed E-state index contributed by atoms with van der Waals surface area (Å²) in [5, 5.41) is 28.0. The Bertz CT molecular complexity index is 112. The molecule has 0 N–H and O–H groups in total. The molecule has 0 aliphatic carbocycles. The van der Waals surface area contributed by atoms with Gasteiger partial charge >= 0.3 is 16.8 Å². The van der Waals surface area contributed by atoms with Gasteiger partial charge in [0, 0.05) is 0 Å². The van der Waals surface area contributed by atoms with Crippen molar-refractivity contribution in [2.75, 3.05) is 0 Å². The van der Waals surface area contributed by atoms with Crippen LogP contribution in [0.25, 0.3) is 0 Å². The van der Waals surface area contributed by atoms with Gasteiger partial charge in [-0.05, 0) is 0 Å². The third-order valence-electron chi connectivity index (χ3n) is 0. The fourth-order valence-corrected chi connectivity index (χ4v) is 0. The molecule has 0 aromatic carbocycles. The zero-order chi connectivity index (χ0) is 10.7. The predicted molar refractivity (Wildman–Crippen MR) is 44.4 cm³/mol. The molecule has 0 aliphatic heterocycles. The third-order valence-corrected chi connectivity index (χ3v) is 0. The summed E-state index contributed by atoms with van der Waals surface area (Å²) in [6.07, 6.45) is 0. The Labute approximate surface area is 90.3 Å². The van der Waals surface area contributed by atoms with Gasteiger partial charge in [-0.1, -0.05) is 20.8 Å². The molecule has 0 aromatic rings. The summed E-state index contributed by atoms with van der Waals surface area (Å²) in [4.78, 5) is 0. The first-order valence-corrected chi connectivity index (χ1v) is 3.17. The molecule has 0 rings (SSSR count). The number of hydrogen-bond donors (Lipinski definition) is 0. The smallest absolute Gasteiger partial charge is 0.876 e. The van der Waals surface area contributed by atoms with E-state index in [0.29, 0.717) is 0 Å². The van der Waals surface area contributed by atoms with Crippen molar-refractivity contribution in [1.29, 1.82) is 0 Å². The van der Waals surface area contributed by atoms with Crippen LogP contribution in [0, 0.1) is 0 Å². The maximum absolute atomic E-state index is 9.33. The van der Waals surface area contributed by atoms with Gasteiger partial charge in [0.05, 0.1) is 0 Å². The van der Waals surface area contributed by atoms with Crippen LogP contribution in [-0.2, 0) is 16.8 Å². The molecule has 0 aromatic heterocycles. The maximum atomic E-state index is 9.33. The molecule has 13 heavy (non-hydrogen) atoms. The second-order valence-corrected chi connectivity index (χ2v) is 2.11. The summed E-state index contributed by atoms with van der Waals surface area (Å²) in [6, 6.07) is 0. The molecule has 0 amide bonds. The molecule has 3 nitrogen and oxygen atoms in total. The number of hydrogen-bond acceptors (Lipinski definition) is 3. The third kappa shape index (κ3) is 1210. The zero-order valence-corrected chi connectivity index (χ0v) is 9.22. The summed E-state index contributed by atoms with van der Waals surface area (Å²) in [5.74, 6) is -0.250. The molecule has 0 fully saturated rings. The van der Waals surface area contributed by atoms with Crippen molar-refractivity contribution >= 4 is 0 Å². The van der Waals surface area contributed by atoms with Crippen LogP contribution in [0.15, 0.2) is 37.0 Å². The van der Waals surface area contributed by atoms with Gasteiger partial charge in [0.1, 0.15) is 0 Å². The molecule has 0 saturated carbocycles. The van der Waals surface area contributed by atoms with E-state index >= 15 is 0 Å². The topological polar surface area (TPSA) is 69.2 Å². The number of rotatable bonds is 0. The van der Waals surface area contributed by atoms with Crippen LogP contribution in [-0.4, -0.2) is 0 Å². The minimum Gasteiger partial charge on any atom is -0.876 e. The summed E-state index contributed by atoms with van der Waals surface area (Å²) in [6.45, 7) is 13.2. The van der Waals surface area contributed by atoms with E-state index in [-0.39, 0.29) is 34.1 Å². The van der Waals surface area contributed by atoms with Crippen molar-refractivity contribution in [2.45, 2.75) is 20.8 Å². The van der Waals surface area contributed by atoms with E-state index in [1.165, 1.54) is 20.8 Å². The first kappa shape index (κ1) is 22.7. The van der Waals surface area contributed by atoms with Crippen LogP contribution in [0.1, 0.15) is 20.8 Å².